The van der Waals surface area contributed by atoms with Crippen LogP contribution in [-0.4, -0.2) is 37.2 Å². The molecule has 6 nitrogen and oxygen atoms in total. The summed E-state index contributed by atoms with van der Waals surface area (Å²) in [7, 11) is 0. The van der Waals surface area contributed by atoms with Crippen molar-refractivity contribution in [2.24, 2.45) is 0 Å². The molecular weight excluding hydrogens is 1010 g/mol. The van der Waals surface area contributed by atoms with Gasteiger partial charge in [0.2, 0.25) is 0 Å². The van der Waals surface area contributed by atoms with E-state index >= 15 is 0 Å². The molecule has 0 fully saturated rings. The Hall–Kier alpha value is -3.67. The van der Waals surface area contributed by atoms with Crippen molar-refractivity contribution in [3.63, 3.8) is 0 Å². The van der Waals surface area contributed by atoms with Gasteiger partial charge in [0.25, 0.3) is 0 Å². The fourth-order valence-corrected chi connectivity index (χ4v) is 10.1. The van der Waals surface area contributed by atoms with Crippen LogP contribution in [0.5, 0.6) is 0 Å². The Morgan fingerprint density at radius 3 is 0.793 bits per heavy atom. The molecule has 0 saturated carbocycles. The lowest BCUT2D eigenvalue weighted by molar-refractivity contribution is -0.167. The van der Waals surface area contributed by atoms with Crippen LogP contribution in [0.25, 0.3) is 0 Å². The zero-order chi connectivity index (χ0) is 59.2. The second kappa shape index (κ2) is 69.8. The van der Waals surface area contributed by atoms with Crippen LogP contribution in [0.15, 0.2) is 97.2 Å². The van der Waals surface area contributed by atoms with Crippen molar-refractivity contribution in [2.45, 2.75) is 354 Å². The van der Waals surface area contributed by atoms with Crippen LogP contribution in [0.4, 0.5) is 0 Å². The summed E-state index contributed by atoms with van der Waals surface area (Å²) in [6.45, 7) is 6.48. The van der Waals surface area contributed by atoms with E-state index in [-0.39, 0.29) is 31.1 Å². The number of allylic oxidation sites excluding steroid dienone is 16. The Morgan fingerprint density at radius 1 is 0.256 bits per heavy atom. The molecule has 0 aromatic heterocycles. The van der Waals surface area contributed by atoms with Crippen LogP contribution < -0.4 is 0 Å². The van der Waals surface area contributed by atoms with Crippen molar-refractivity contribution in [2.75, 3.05) is 13.2 Å². The lowest BCUT2D eigenvalue weighted by Gasteiger charge is -2.18. The topological polar surface area (TPSA) is 78.9 Å². The number of hydrogen-bond donors (Lipinski definition) is 0. The summed E-state index contributed by atoms with van der Waals surface area (Å²) in [5, 5.41) is 0. The molecule has 6 heteroatoms. The van der Waals surface area contributed by atoms with Gasteiger partial charge >= 0.3 is 17.9 Å². The van der Waals surface area contributed by atoms with Crippen molar-refractivity contribution in [1.82, 2.24) is 0 Å². The molecule has 0 aliphatic rings. The number of carbonyl (C=O) groups excluding carboxylic acids is 3. The summed E-state index contributed by atoms with van der Waals surface area (Å²) in [5.74, 6) is -0.900. The lowest BCUT2D eigenvalue weighted by Crippen LogP contribution is -2.30. The van der Waals surface area contributed by atoms with Gasteiger partial charge in [-0.2, -0.15) is 0 Å². The highest BCUT2D eigenvalue weighted by Crippen LogP contribution is 2.18. The zero-order valence-electron chi connectivity index (χ0n) is 54.2. The highest BCUT2D eigenvalue weighted by atomic mass is 16.6. The number of unbranched alkanes of at least 4 members (excludes halogenated alkanes) is 37. The molecule has 0 radical (unpaired) electrons. The first-order valence-electron chi connectivity index (χ1n) is 35.2. The molecule has 0 saturated heterocycles. The summed E-state index contributed by atoms with van der Waals surface area (Å²) in [4.78, 5) is 38.4. The summed E-state index contributed by atoms with van der Waals surface area (Å²) in [6.07, 6.45) is 94.4. The molecule has 0 heterocycles. The van der Waals surface area contributed by atoms with E-state index in [1.54, 1.807) is 0 Å². The molecule has 0 aromatic rings. The Morgan fingerprint density at radius 2 is 0.500 bits per heavy atom. The quantitative estimate of drug-likeness (QED) is 0.0261. The monoisotopic (exact) mass is 1140 g/mol. The highest BCUT2D eigenvalue weighted by Gasteiger charge is 2.19. The normalized spacial score (nSPS) is 12.7. The van der Waals surface area contributed by atoms with Crippen LogP contribution in [-0.2, 0) is 28.6 Å². The van der Waals surface area contributed by atoms with E-state index in [4.69, 9.17) is 14.2 Å². The molecule has 0 bridgehead atoms. The highest BCUT2D eigenvalue weighted by molar-refractivity contribution is 5.71. The second-order valence-corrected chi connectivity index (χ2v) is 23.4. The maximum atomic E-state index is 12.9. The van der Waals surface area contributed by atoms with Crippen molar-refractivity contribution in [3.8, 4) is 0 Å². The van der Waals surface area contributed by atoms with E-state index < -0.39 is 6.10 Å². The fourth-order valence-electron chi connectivity index (χ4n) is 10.1. The molecule has 0 aromatic carbocycles. The van der Waals surface area contributed by atoms with E-state index in [9.17, 15) is 14.4 Å². The van der Waals surface area contributed by atoms with Crippen molar-refractivity contribution in [1.29, 1.82) is 0 Å². The average molecular weight is 1140 g/mol. The molecule has 1 atom stereocenters. The van der Waals surface area contributed by atoms with Crippen LogP contribution in [0, 0.1) is 0 Å². The van der Waals surface area contributed by atoms with E-state index in [1.165, 1.54) is 167 Å². The Bertz CT molecular complexity index is 1590. The van der Waals surface area contributed by atoms with Crippen molar-refractivity contribution >= 4 is 17.9 Å². The Kier molecular flexibility index (Phi) is 66.7. The van der Waals surface area contributed by atoms with Crippen LogP contribution >= 0.6 is 0 Å². The Labute approximate surface area is 508 Å². The molecule has 472 valence electrons. The smallest absolute Gasteiger partial charge is 0.306 e. The third kappa shape index (κ3) is 67.1. The molecule has 0 amide bonds. The minimum atomic E-state index is -0.793. The molecule has 0 aliphatic carbocycles. The third-order valence-electron chi connectivity index (χ3n) is 15.3. The number of rotatable bonds is 64. The molecular formula is C76H132O6. The van der Waals surface area contributed by atoms with Gasteiger partial charge in [-0.1, -0.05) is 330 Å². The first-order valence-corrected chi connectivity index (χ1v) is 35.2. The zero-order valence-corrected chi connectivity index (χ0v) is 54.2. The summed E-state index contributed by atoms with van der Waals surface area (Å²) >= 11 is 0. The average Bonchev–Trinajstić information content (AvgIpc) is 3.47. The van der Waals surface area contributed by atoms with Gasteiger partial charge in [0.05, 0.1) is 0 Å². The maximum absolute atomic E-state index is 12.9. The predicted octanol–water partition coefficient (Wildman–Crippen LogP) is 24.4. The minimum Gasteiger partial charge on any atom is -0.462 e. The van der Waals surface area contributed by atoms with Crippen LogP contribution in [0.2, 0.25) is 0 Å². The van der Waals surface area contributed by atoms with E-state index in [0.717, 1.165) is 141 Å². The van der Waals surface area contributed by atoms with Gasteiger partial charge in [0.1, 0.15) is 13.2 Å². The van der Waals surface area contributed by atoms with Gasteiger partial charge in [0.15, 0.2) is 6.10 Å². The van der Waals surface area contributed by atoms with E-state index in [0.29, 0.717) is 19.3 Å². The van der Waals surface area contributed by atoms with Crippen LogP contribution in [0.3, 0.4) is 0 Å². The van der Waals surface area contributed by atoms with Crippen molar-refractivity contribution < 1.29 is 28.6 Å². The third-order valence-corrected chi connectivity index (χ3v) is 15.3. The summed E-state index contributed by atoms with van der Waals surface area (Å²) in [5.41, 5.74) is 0. The molecule has 0 spiro atoms. The van der Waals surface area contributed by atoms with Crippen LogP contribution in [0.1, 0.15) is 348 Å². The standard InChI is InChI=1S/C76H132O6/c1-4-7-10-13-16-19-22-25-27-29-31-33-35-37-39-40-42-44-46-48-51-54-57-60-63-66-69-75(78)81-72-73(71-80-74(77)68-65-62-59-56-53-50-24-21-18-15-12-9-6-3)82-76(79)70-67-64-61-58-55-52-49-47-45-43-41-38-36-34-32-30-28-26-23-20-17-14-11-8-5-2/h8,11-12,15,17,20-21,24,26,28,32,34,38,41,45,47,73H,4-7,9-10,13-14,16,18-19,22-23,25,27,29-31,33,35-37,39-40,42-44,46,48-72H2,1-3H3/b11-8-,15-12-,20-17-,24-21-,28-26-,34-32-,41-38-,47-45-. The molecule has 0 aliphatic heterocycles. The van der Waals surface area contributed by atoms with Gasteiger partial charge in [0, 0.05) is 19.3 Å². The molecule has 1 unspecified atom stereocenters. The summed E-state index contributed by atoms with van der Waals surface area (Å²) in [6, 6.07) is 0. The predicted molar refractivity (Wildman–Crippen MR) is 357 cm³/mol. The molecule has 0 rings (SSSR count). The minimum absolute atomic E-state index is 0.0857. The molecule has 0 N–H and O–H groups in total. The number of ether oxygens (including phenoxy) is 3. The first-order chi connectivity index (χ1) is 40.5. The number of hydrogen-bond acceptors (Lipinski definition) is 6. The second-order valence-electron chi connectivity index (χ2n) is 23.4. The lowest BCUT2D eigenvalue weighted by atomic mass is 10.0. The summed E-state index contributed by atoms with van der Waals surface area (Å²) < 4.78 is 17.0. The van der Waals surface area contributed by atoms with Crippen molar-refractivity contribution in [3.05, 3.63) is 97.2 Å². The Balaban J connectivity index is 4.30. The van der Waals surface area contributed by atoms with E-state index in [1.807, 2.05) is 0 Å². The van der Waals surface area contributed by atoms with E-state index in [2.05, 4.69) is 118 Å². The fraction of sp³-hybridized carbons (Fsp3) is 0.750. The maximum Gasteiger partial charge on any atom is 0.306 e. The molecule has 82 heavy (non-hydrogen) atoms. The van der Waals surface area contributed by atoms with Gasteiger partial charge in [-0.3, -0.25) is 14.4 Å². The SMILES string of the molecule is CC/C=C\C/C=C\C/C=C\C/C=C\C/C=C\C/C=C\CCCCCCCCC(=O)OC(COC(=O)CCCCCCC/C=C\C/C=C\CCC)COC(=O)CCCCCCCCCCCCCCCCCCCCCCCCCCCC. The number of carbonyl (C=O) groups is 3. The van der Waals surface area contributed by atoms with Gasteiger partial charge in [-0.15, -0.1) is 0 Å². The van der Waals surface area contributed by atoms with Gasteiger partial charge < -0.3 is 14.2 Å². The first kappa shape index (κ1) is 78.3. The van der Waals surface area contributed by atoms with Gasteiger partial charge in [-0.05, 0) is 96.3 Å². The largest absolute Gasteiger partial charge is 0.462 e. The number of esters is 3. The van der Waals surface area contributed by atoms with Gasteiger partial charge in [-0.25, -0.2) is 0 Å².